The van der Waals surface area contributed by atoms with Crippen LogP contribution in [0.4, 0.5) is 0 Å². The SMILES string of the molecule is CN(CC(=O)NC1CC1)C(=O)CSc1nc2ncc(Cl)cc2[nH]1. The van der Waals surface area contributed by atoms with Crippen LogP contribution in [0.5, 0.6) is 0 Å². The van der Waals surface area contributed by atoms with Crippen molar-refractivity contribution in [3.63, 3.8) is 0 Å². The minimum absolute atomic E-state index is 0.0766. The second kappa shape index (κ2) is 6.76. The lowest BCUT2D eigenvalue weighted by molar-refractivity contribution is -0.132. The Kier molecular flexibility index (Phi) is 4.72. The van der Waals surface area contributed by atoms with Gasteiger partial charge in [-0.25, -0.2) is 9.97 Å². The third-order valence-corrected chi connectivity index (χ3v) is 4.43. The maximum atomic E-state index is 12.1. The molecule has 0 unspecified atom stereocenters. The number of nitrogens with zero attached hydrogens (tertiary/aromatic N) is 3. The predicted molar refractivity (Wildman–Crippen MR) is 88.4 cm³/mol. The Morgan fingerprint density at radius 2 is 2.30 bits per heavy atom. The van der Waals surface area contributed by atoms with E-state index in [0.717, 1.165) is 18.4 Å². The highest BCUT2D eigenvalue weighted by molar-refractivity contribution is 7.99. The average molecular weight is 354 g/mol. The lowest BCUT2D eigenvalue weighted by atomic mass is 10.4. The van der Waals surface area contributed by atoms with Gasteiger partial charge in [0, 0.05) is 19.3 Å². The maximum Gasteiger partial charge on any atom is 0.239 e. The lowest BCUT2D eigenvalue weighted by Gasteiger charge is -2.16. The molecule has 0 radical (unpaired) electrons. The molecule has 1 fully saturated rings. The number of hydrogen-bond donors (Lipinski definition) is 2. The molecule has 7 nitrogen and oxygen atoms in total. The minimum Gasteiger partial charge on any atom is -0.352 e. The van der Waals surface area contributed by atoms with E-state index in [-0.39, 0.29) is 24.1 Å². The number of aromatic nitrogens is 3. The summed E-state index contributed by atoms with van der Waals surface area (Å²) in [6.45, 7) is 0.0766. The first kappa shape index (κ1) is 16.1. The molecule has 9 heteroatoms. The van der Waals surface area contributed by atoms with Crippen LogP contribution in [0.1, 0.15) is 12.8 Å². The molecule has 0 aliphatic heterocycles. The zero-order valence-corrected chi connectivity index (χ0v) is 14.1. The fourth-order valence-electron chi connectivity index (χ4n) is 1.97. The van der Waals surface area contributed by atoms with Gasteiger partial charge in [-0.05, 0) is 18.9 Å². The number of imidazole rings is 1. The van der Waals surface area contributed by atoms with E-state index < -0.39 is 0 Å². The van der Waals surface area contributed by atoms with E-state index in [1.165, 1.54) is 22.9 Å². The molecule has 0 aromatic carbocycles. The molecular formula is C14H16ClN5O2S. The summed E-state index contributed by atoms with van der Waals surface area (Å²) < 4.78 is 0. The normalized spacial score (nSPS) is 14.0. The van der Waals surface area contributed by atoms with Gasteiger partial charge in [0.05, 0.1) is 22.8 Å². The second-order valence-corrected chi connectivity index (χ2v) is 6.85. The molecule has 3 rings (SSSR count). The zero-order chi connectivity index (χ0) is 16.4. The fourth-order valence-corrected chi connectivity index (χ4v) is 2.94. The molecule has 2 heterocycles. The molecular weight excluding hydrogens is 338 g/mol. The van der Waals surface area contributed by atoms with Gasteiger partial charge in [-0.15, -0.1) is 0 Å². The van der Waals surface area contributed by atoms with Crippen molar-refractivity contribution in [3.05, 3.63) is 17.3 Å². The minimum atomic E-state index is -0.132. The molecule has 2 amide bonds. The highest BCUT2D eigenvalue weighted by Crippen LogP contribution is 2.21. The molecule has 1 saturated carbocycles. The number of likely N-dealkylation sites (N-methyl/N-ethyl adjacent to an activating group) is 1. The van der Waals surface area contributed by atoms with Crippen molar-refractivity contribution in [2.24, 2.45) is 0 Å². The number of fused-ring (bicyclic) bond motifs is 1. The third kappa shape index (κ3) is 4.35. The van der Waals surface area contributed by atoms with E-state index >= 15 is 0 Å². The van der Waals surface area contributed by atoms with Gasteiger partial charge in [-0.1, -0.05) is 23.4 Å². The van der Waals surface area contributed by atoms with Crippen LogP contribution >= 0.6 is 23.4 Å². The summed E-state index contributed by atoms with van der Waals surface area (Å²) in [5, 5.41) is 3.98. The molecule has 23 heavy (non-hydrogen) atoms. The van der Waals surface area contributed by atoms with E-state index in [1.54, 1.807) is 13.1 Å². The molecule has 1 aliphatic carbocycles. The Hall–Kier alpha value is -1.80. The highest BCUT2D eigenvalue weighted by Gasteiger charge is 2.24. The van der Waals surface area contributed by atoms with Crippen molar-refractivity contribution < 1.29 is 9.59 Å². The van der Waals surface area contributed by atoms with Crippen LogP contribution in [0.3, 0.4) is 0 Å². The van der Waals surface area contributed by atoms with E-state index in [9.17, 15) is 9.59 Å². The van der Waals surface area contributed by atoms with Gasteiger partial charge in [0.15, 0.2) is 10.8 Å². The van der Waals surface area contributed by atoms with E-state index in [2.05, 4.69) is 20.3 Å². The number of carbonyl (C=O) groups is 2. The number of pyridine rings is 1. The number of nitrogens with one attached hydrogen (secondary N) is 2. The van der Waals surface area contributed by atoms with E-state index in [0.29, 0.717) is 21.9 Å². The van der Waals surface area contributed by atoms with Crippen LogP contribution in [0.15, 0.2) is 17.4 Å². The van der Waals surface area contributed by atoms with Gasteiger partial charge in [0.2, 0.25) is 11.8 Å². The second-order valence-electron chi connectivity index (χ2n) is 5.45. The molecule has 2 aromatic heterocycles. The fraction of sp³-hybridized carbons (Fsp3) is 0.429. The molecule has 0 atom stereocenters. The Labute approximate surface area is 142 Å². The lowest BCUT2D eigenvalue weighted by Crippen LogP contribution is -2.39. The van der Waals surface area contributed by atoms with Crippen molar-refractivity contribution in [1.82, 2.24) is 25.2 Å². The van der Waals surface area contributed by atoms with Crippen LogP contribution in [-0.4, -0.2) is 57.1 Å². The predicted octanol–water partition coefficient (Wildman–Crippen LogP) is 1.44. The first-order chi connectivity index (χ1) is 11.0. The average Bonchev–Trinajstić information content (AvgIpc) is 3.21. The Morgan fingerprint density at radius 3 is 3.04 bits per heavy atom. The van der Waals surface area contributed by atoms with Crippen molar-refractivity contribution in [1.29, 1.82) is 0 Å². The standard InChI is InChI=1S/C14H16ClN5O2S/c1-20(6-11(21)17-9-2-3-9)12(22)7-23-14-18-10-4-8(15)5-16-13(10)19-14/h4-5,9H,2-3,6-7H2,1H3,(H,17,21)(H,16,18,19). The highest BCUT2D eigenvalue weighted by atomic mass is 35.5. The first-order valence-electron chi connectivity index (χ1n) is 7.18. The number of halogens is 1. The van der Waals surface area contributed by atoms with E-state index in [4.69, 9.17) is 11.6 Å². The van der Waals surface area contributed by atoms with Crippen LogP contribution in [0.25, 0.3) is 11.2 Å². The van der Waals surface area contributed by atoms with Gasteiger partial charge < -0.3 is 15.2 Å². The Morgan fingerprint density at radius 1 is 1.52 bits per heavy atom. The monoisotopic (exact) mass is 353 g/mol. The summed E-state index contributed by atoms with van der Waals surface area (Å²) in [6, 6.07) is 2.03. The number of H-pyrrole nitrogens is 1. The number of hydrogen-bond acceptors (Lipinski definition) is 5. The number of thioether (sulfide) groups is 1. The van der Waals surface area contributed by atoms with Crippen LogP contribution < -0.4 is 5.32 Å². The van der Waals surface area contributed by atoms with Crippen molar-refractivity contribution in [2.45, 2.75) is 24.0 Å². The molecule has 2 N–H and O–H groups in total. The van der Waals surface area contributed by atoms with Crippen LogP contribution in [-0.2, 0) is 9.59 Å². The van der Waals surface area contributed by atoms with Gasteiger partial charge in [-0.3, -0.25) is 9.59 Å². The quantitative estimate of drug-likeness (QED) is 0.767. The Balaban J connectivity index is 1.51. The smallest absolute Gasteiger partial charge is 0.239 e. The summed E-state index contributed by atoms with van der Waals surface area (Å²) in [4.78, 5) is 36.6. The summed E-state index contributed by atoms with van der Waals surface area (Å²) in [6.07, 6.45) is 3.59. The number of aromatic amines is 1. The summed E-state index contributed by atoms with van der Waals surface area (Å²) in [7, 11) is 1.62. The van der Waals surface area contributed by atoms with Crippen LogP contribution in [0.2, 0.25) is 5.02 Å². The molecule has 0 bridgehead atoms. The molecule has 2 aromatic rings. The summed E-state index contributed by atoms with van der Waals surface area (Å²) >= 11 is 7.14. The molecule has 1 aliphatic rings. The largest absolute Gasteiger partial charge is 0.352 e. The van der Waals surface area contributed by atoms with Gasteiger partial charge in [0.1, 0.15) is 0 Å². The number of rotatable bonds is 6. The number of amides is 2. The molecule has 0 saturated heterocycles. The van der Waals surface area contributed by atoms with Crippen molar-refractivity contribution in [2.75, 3.05) is 19.3 Å². The van der Waals surface area contributed by atoms with Gasteiger partial charge in [0.25, 0.3) is 0 Å². The zero-order valence-electron chi connectivity index (χ0n) is 12.5. The number of carbonyl (C=O) groups excluding carboxylic acids is 2. The topological polar surface area (TPSA) is 91.0 Å². The molecule has 0 spiro atoms. The van der Waals surface area contributed by atoms with Gasteiger partial charge in [-0.2, -0.15) is 0 Å². The molecule has 122 valence electrons. The van der Waals surface area contributed by atoms with Crippen molar-refractivity contribution >= 4 is 46.3 Å². The maximum absolute atomic E-state index is 12.1. The van der Waals surface area contributed by atoms with E-state index in [1.807, 2.05) is 0 Å². The first-order valence-corrected chi connectivity index (χ1v) is 8.55. The third-order valence-electron chi connectivity index (χ3n) is 3.36. The van der Waals surface area contributed by atoms with Crippen LogP contribution in [0, 0.1) is 0 Å². The van der Waals surface area contributed by atoms with Crippen molar-refractivity contribution in [3.8, 4) is 0 Å². The summed E-state index contributed by atoms with van der Waals surface area (Å²) in [5.74, 6) is -0.0517. The Bertz CT molecular complexity index is 746. The summed E-state index contributed by atoms with van der Waals surface area (Å²) in [5.41, 5.74) is 1.28. The van der Waals surface area contributed by atoms with Gasteiger partial charge >= 0.3 is 0 Å².